The van der Waals surface area contributed by atoms with Gasteiger partial charge in [0.05, 0.1) is 15.2 Å². The lowest BCUT2D eigenvalue weighted by molar-refractivity contribution is 0.423. The Morgan fingerprint density at radius 2 is 2.18 bits per heavy atom. The van der Waals surface area contributed by atoms with Crippen molar-refractivity contribution in [1.82, 2.24) is 4.98 Å². The molecule has 0 radical (unpaired) electrons. The van der Waals surface area contributed by atoms with Gasteiger partial charge < -0.3 is 0 Å². The minimum atomic E-state index is 0.710. The molecule has 1 aliphatic rings. The highest BCUT2D eigenvalue weighted by Gasteiger charge is 2.31. The average Bonchev–Trinajstić information content (AvgIpc) is 2.87. The maximum Gasteiger partial charge on any atom is 0.0941 e. The maximum absolute atomic E-state index is 4.74. The molecule has 1 aromatic heterocycles. The van der Waals surface area contributed by atoms with Gasteiger partial charge in [-0.15, -0.1) is 11.3 Å². The van der Waals surface area contributed by atoms with Crippen LogP contribution in [0.4, 0.5) is 0 Å². The number of alkyl halides is 1. The molecule has 0 bridgehead atoms. The fourth-order valence-corrected chi connectivity index (χ4v) is 4.47. The monoisotopic (exact) mass is 309 g/mol. The predicted octanol–water partition coefficient (Wildman–Crippen LogP) is 4.65. The van der Waals surface area contributed by atoms with E-state index in [0.29, 0.717) is 4.83 Å². The van der Waals surface area contributed by atoms with E-state index in [1.54, 1.807) is 0 Å². The van der Waals surface area contributed by atoms with Gasteiger partial charge in [-0.25, -0.2) is 4.98 Å². The zero-order valence-corrected chi connectivity index (χ0v) is 12.3. The molecule has 3 rings (SSSR count). The molecule has 0 saturated heterocycles. The molecule has 3 atom stereocenters. The Balaban J connectivity index is 1.81. The number of nitrogens with zero attached hydrogens (tertiary/aromatic N) is 1. The molecule has 1 aromatic carbocycles. The van der Waals surface area contributed by atoms with E-state index in [1.807, 2.05) is 11.3 Å². The molecule has 0 spiro atoms. The number of aromatic nitrogens is 1. The Morgan fingerprint density at radius 3 is 2.88 bits per heavy atom. The van der Waals surface area contributed by atoms with Crippen molar-refractivity contribution in [2.75, 3.05) is 0 Å². The SMILES string of the molecule is CC1C(Br)CCC1Cc1nc2ccccc2s1. The Morgan fingerprint density at radius 1 is 1.35 bits per heavy atom. The van der Waals surface area contributed by atoms with E-state index in [0.717, 1.165) is 23.8 Å². The van der Waals surface area contributed by atoms with Crippen molar-refractivity contribution in [3.05, 3.63) is 29.3 Å². The van der Waals surface area contributed by atoms with E-state index < -0.39 is 0 Å². The van der Waals surface area contributed by atoms with Crippen LogP contribution in [0.25, 0.3) is 10.2 Å². The van der Waals surface area contributed by atoms with E-state index in [-0.39, 0.29) is 0 Å². The van der Waals surface area contributed by atoms with Crippen molar-refractivity contribution < 1.29 is 0 Å². The number of rotatable bonds is 2. The molecule has 3 unspecified atom stereocenters. The summed E-state index contributed by atoms with van der Waals surface area (Å²) < 4.78 is 1.32. The number of benzene rings is 1. The normalized spacial score (nSPS) is 28.9. The van der Waals surface area contributed by atoms with Crippen LogP contribution in [0.5, 0.6) is 0 Å². The lowest BCUT2D eigenvalue weighted by Gasteiger charge is -2.15. The van der Waals surface area contributed by atoms with Crippen LogP contribution in [0.3, 0.4) is 0 Å². The number of halogens is 1. The summed E-state index contributed by atoms with van der Waals surface area (Å²) in [5.41, 5.74) is 1.16. The van der Waals surface area contributed by atoms with Gasteiger partial charge in [-0.3, -0.25) is 0 Å². The van der Waals surface area contributed by atoms with Crippen LogP contribution >= 0.6 is 27.3 Å². The fourth-order valence-electron chi connectivity index (χ4n) is 2.71. The summed E-state index contributed by atoms with van der Waals surface area (Å²) in [6.07, 6.45) is 3.81. The zero-order chi connectivity index (χ0) is 11.8. The Labute approximate surface area is 114 Å². The summed E-state index contributed by atoms with van der Waals surface area (Å²) in [6.45, 7) is 2.37. The van der Waals surface area contributed by atoms with Gasteiger partial charge in [0, 0.05) is 11.2 Å². The fraction of sp³-hybridized carbons (Fsp3) is 0.500. The number of thiazole rings is 1. The van der Waals surface area contributed by atoms with E-state index in [1.165, 1.54) is 22.5 Å². The van der Waals surface area contributed by atoms with E-state index in [9.17, 15) is 0 Å². The molecule has 0 N–H and O–H groups in total. The van der Waals surface area contributed by atoms with Gasteiger partial charge in [0.2, 0.25) is 0 Å². The summed E-state index contributed by atoms with van der Waals surface area (Å²) in [7, 11) is 0. The first-order valence-corrected chi connectivity index (χ1v) is 7.96. The second-order valence-corrected chi connectivity index (χ2v) is 7.28. The van der Waals surface area contributed by atoms with Crippen molar-refractivity contribution in [2.45, 2.75) is 31.0 Å². The van der Waals surface area contributed by atoms with Gasteiger partial charge in [-0.1, -0.05) is 35.0 Å². The lowest BCUT2D eigenvalue weighted by atomic mass is 9.95. The molecule has 1 aliphatic carbocycles. The second kappa shape index (κ2) is 4.69. The number of para-hydroxylation sites is 1. The van der Waals surface area contributed by atoms with Gasteiger partial charge in [-0.2, -0.15) is 0 Å². The van der Waals surface area contributed by atoms with E-state index in [4.69, 9.17) is 4.98 Å². The van der Waals surface area contributed by atoms with Crippen molar-refractivity contribution in [1.29, 1.82) is 0 Å². The molecule has 17 heavy (non-hydrogen) atoms. The van der Waals surface area contributed by atoms with Crippen molar-refractivity contribution in [2.24, 2.45) is 11.8 Å². The maximum atomic E-state index is 4.74. The third-order valence-electron chi connectivity index (χ3n) is 3.90. The largest absolute Gasteiger partial charge is 0.241 e. The molecule has 1 nitrogen and oxygen atoms in total. The highest BCUT2D eigenvalue weighted by Crippen LogP contribution is 2.39. The molecule has 1 saturated carbocycles. The molecular weight excluding hydrogens is 294 g/mol. The average molecular weight is 310 g/mol. The second-order valence-electron chi connectivity index (χ2n) is 4.99. The number of hydrogen-bond donors (Lipinski definition) is 0. The zero-order valence-electron chi connectivity index (χ0n) is 9.90. The van der Waals surface area contributed by atoms with E-state index >= 15 is 0 Å². The third kappa shape index (κ3) is 2.27. The van der Waals surface area contributed by atoms with Crippen molar-refractivity contribution >= 4 is 37.5 Å². The predicted molar refractivity (Wildman–Crippen MR) is 77.9 cm³/mol. The lowest BCUT2D eigenvalue weighted by Crippen LogP contribution is -2.12. The molecule has 0 aliphatic heterocycles. The Hall–Kier alpha value is -0.410. The van der Waals surface area contributed by atoms with Crippen LogP contribution in [-0.2, 0) is 6.42 Å². The third-order valence-corrected chi connectivity index (χ3v) is 6.25. The van der Waals surface area contributed by atoms with Crippen LogP contribution in [0.15, 0.2) is 24.3 Å². The summed E-state index contributed by atoms with van der Waals surface area (Å²) in [5.74, 6) is 1.59. The van der Waals surface area contributed by atoms with Gasteiger partial charge in [-0.05, 0) is 36.8 Å². The standard InChI is InChI=1S/C14H16BrNS/c1-9-10(6-7-11(9)15)8-14-16-12-4-2-3-5-13(12)17-14/h2-5,9-11H,6-8H2,1H3. The molecular formula is C14H16BrNS. The molecule has 1 fully saturated rings. The number of fused-ring (bicyclic) bond motifs is 1. The minimum Gasteiger partial charge on any atom is -0.241 e. The van der Waals surface area contributed by atoms with Gasteiger partial charge in [0.1, 0.15) is 0 Å². The van der Waals surface area contributed by atoms with Crippen LogP contribution in [0.2, 0.25) is 0 Å². The number of hydrogen-bond acceptors (Lipinski definition) is 2. The molecule has 1 heterocycles. The van der Waals surface area contributed by atoms with Gasteiger partial charge >= 0.3 is 0 Å². The first kappa shape index (κ1) is 11.7. The first-order valence-electron chi connectivity index (χ1n) is 6.22. The summed E-state index contributed by atoms with van der Waals surface area (Å²) >= 11 is 5.64. The molecule has 90 valence electrons. The Bertz CT molecular complexity index is 489. The van der Waals surface area contributed by atoms with Crippen molar-refractivity contribution in [3.63, 3.8) is 0 Å². The highest BCUT2D eigenvalue weighted by atomic mass is 79.9. The van der Waals surface area contributed by atoms with Crippen LogP contribution < -0.4 is 0 Å². The summed E-state index contributed by atoms with van der Waals surface area (Å²) in [5, 5.41) is 1.31. The van der Waals surface area contributed by atoms with Crippen LogP contribution in [-0.4, -0.2) is 9.81 Å². The van der Waals surface area contributed by atoms with E-state index in [2.05, 4.69) is 47.1 Å². The minimum absolute atomic E-state index is 0.710. The summed E-state index contributed by atoms with van der Waals surface area (Å²) in [6, 6.07) is 8.44. The first-order chi connectivity index (χ1) is 8.24. The molecule has 3 heteroatoms. The van der Waals surface area contributed by atoms with Gasteiger partial charge in [0.15, 0.2) is 0 Å². The molecule has 2 aromatic rings. The smallest absolute Gasteiger partial charge is 0.0941 e. The van der Waals surface area contributed by atoms with Gasteiger partial charge in [0.25, 0.3) is 0 Å². The summed E-state index contributed by atoms with van der Waals surface area (Å²) in [4.78, 5) is 5.45. The highest BCUT2D eigenvalue weighted by molar-refractivity contribution is 9.09. The van der Waals surface area contributed by atoms with Crippen LogP contribution in [0, 0.1) is 11.8 Å². The topological polar surface area (TPSA) is 12.9 Å². The molecule has 0 amide bonds. The van der Waals surface area contributed by atoms with Crippen LogP contribution in [0.1, 0.15) is 24.8 Å². The van der Waals surface area contributed by atoms with Crippen molar-refractivity contribution in [3.8, 4) is 0 Å². The Kier molecular flexibility index (Phi) is 3.22. The quantitative estimate of drug-likeness (QED) is 0.736.